The zero-order chi connectivity index (χ0) is 20.1. The summed E-state index contributed by atoms with van der Waals surface area (Å²) in [5.74, 6) is 3.90. The summed E-state index contributed by atoms with van der Waals surface area (Å²) >= 11 is 1.25. The Bertz CT molecular complexity index is 1170. The third kappa shape index (κ3) is 3.08. The lowest BCUT2D eigenvalue weighted by atomic mass is 10.0. The first-order valence-corrected chi connectivity index (χ1v) is 11.0. The summed E-state index contributed by atoms with van der Waals surface area (Å²) in [5.41, 5.74) is 6.41. The largest absolute Gasteiger partial charge is 0.423 e. The van der Waals surface area contributed by atoms with Gasteiger partial charge in [-0.05, 0) is 36.6 Å². The van der Waals surface area contributed by atoms with Crippen molar-refractivity contribution >= 4 is 32.9 Å². The molecule has 0 bridgehead atoms. The Balaban J connectivity index is 1.77. The van der Waals surface area contributed by atoms with Crippen LogP contribution in [-0.2, 0) is 15.2 Å². The number of aliphatic imine (C=N–C) groups is 1. The zero-order valence-electron chi connectivity index (χ0n) is 15.3. The van der Waals surface area contributed by atoms with Crippen molar-refractivity contribution in [3.63, 3.8) is 0 Å². The average molecular weight is 420 g/mol. The molecule has 0 radical (unpaired) electrons. The minimum absolute atomic E-state index is 0.0795. The van der Waals surface area contributed by atoms with Gasteiger partial charge in [-0.25, -0.2) is 13.6 Å². The smallest absolute Gasteiger partial charge is 0.247 e. The number of nitrogens with zero attached hydrogens (tertiary/aromatic N) is 4. The summed E-state index contributed by atoms with van der Waals surface area (Å²) in [6.07, 6.45) is 1.25. The lowest BCUT2D eigenvalue weighted by Gasteiger charge is -2.36. The number of aromatic nitrogens is 2. The summed E-state index contributed by atoms with van der Waals surface area (Å²) in [7, 11) is -1.11. The van der Waals surface area contributed by atoms with Gasteiger partial charge in [-0.1, -0.05) is 12.1 Å². The summed E-state index contributed by atoms with van der Waals surface area (Å²) < 4.78 is 34.3. The van der Waals surface area contributed by atoms with E-state index in [2.05, 4.69) is 21.1 Å². The Morgan fingerprint density at radius 1 is 1.39 bits per heavy atom. The fraction of sp³-hybridized carbons (Fsp3) is 0.222. The fourth-order valence-electron chi connectivity index (χ4n) is 3.16. The van der Waals surface area contributed by atoms with E-state index in [0.717, 1.165) is 11.1 Å². The van der Waals surface area contributed by atoms with E-state index in [4.69, 9.17) is 10.2 Å². The predicted octanol–water partition coefficient (Wildman–Crippen LogP) is 2.71. The molecule has 0 fully saturated rings. The second kappa shape index (κ2) is 6.42. The minimum Gasteiger partial charge on any atom is -0.423 e. The molecule has 4 rings (SSSR count). The van der Waals surface area contributed by atoms with Gasteiger partial charge in [-0.3, -0.25) is 4.31 Å². The topological polar surface area (TPSA) is 97.6 Å². The molecule has 28 heavy (non-hydrogen) atoms. The third-order valence-electron chi connectivity index (χ3n) is 4.62. The first-order valence-electron chi connectivity index (χ1n) is 8.30. The minimum atomic E-state index is -2.68. The van der Waals surface area contributed by atoms with E-state index < -0.39 is 21.1 Å². The van der Waals surface area contributed by atoms with E-state index in [1.807, 2.05) is 24.3 Å². The predicted molar refractivity (Wildman–Crippen MR) is 110 cm³/mol. The average Bonchev–Trinajstić information content (AvgIpc) is 3.29. The molecule has 3 aromatic rings. The van der Waals surface area contributed by atoms with Crippen LogP contribution >= 0.6 is 11.3 Å². The highest BCUT2D eigenvalue weighted by atomic mass is 32.2. The molecule has 1 aliphatic rings. The molecule has 10 heteroatoms. The van der Waals surface area contributed by atoms with Crippen molar-refractivity contribution in [1.82, 2.24) is 14.5 Å². The van der Waals surface area contributed by atoms with Gasteiger partial charge in [0.2, 0.25) is 18.2 Å². The number of halogens is 1. The number of rotatable bonds is 3. The first kappa shape index (κ1) is 18.6. The molecule has 2 aromatic heterocycles. The number of benzene rings is 1. The van der Waals surface area contributed by atoms with Gasteiger partial charge < -0.3 is 10.2 Å². The molecular formula is C18H18FN5O2S2. The number of hydrogen-bond donors (Lipinski definition) is 1. The van der Waals surface area contributed by atoms with Gasteiger partial charge in [0.1, 0.15) is 11.4 Å². The maximum absolute atomic E-state index is 14.9. The van der Waals surface area contributed by atoms with Crippen molar-refractivity contribution in [2.75, 3.05) is 12.8 Å². The van der Waals surface area contributed by atoms with Gasteiger partial charge in [0.05, 0.1) is 20.3 Å². The van der Waals surface area contributed by atoms with Crippen molar-refractivity contribution in [2.45, 2.75) is 12.5 Å². The Labute approximate surface area is 165 Å². The highest BCUT2D eigenvalue weighted by Gasteiger charge is 2.40. The Morgan fingerprint density at radius 2 is 2.14 bits per heavy atom. The molecule has 0 amide bonds. The highest BCUT2D eigenvalue weighted by Crippen LogP contribution is 2.41. The Kier molecular flexibility index (Phi) is 4.27. The van der Waals surface area contributed by atoms with E-state index in [1.54, 1.807) is 14.0 Å². The molecule has 2 atom stereocenters. The van der Waals surface area contributed by atoms with Crippen molar-refractivity contribution in [3.8, 4) is 21.9 Å². The van der Waals surface area contributed by atoms with Crippen molar-refractivity contribution < 1.29 is 13.0 Å². The molecule has 1 unspecified atom stereocenters. The van der Waals surface area contributed by atoms with Crippen molar-refractivity contribution in [1.29, 1.82) is 0 Å². The molecule has 0 spiro atoms. The van der Waals surface area contributed by atoms with E-state index in [9.17, 15) is 8.60 Å². The van der Waals surface area contributed by atoms with Crippen LogP contribution in [0.2, 0.25) is 0 Å². The summed E-state index contributed by atoms with van der Waals surface area (Å²) in [6, 6.07) is 8.84. The molecule has 2 N–H and O–H groups in total. The van der Waals surface area contributed by atoms with Crippen LogP contribution in [0.25, 0.3) is 21.9 Å². The molecule has 1 aliphatic heterocycles. The van der Waals surface area contributed by atoms with E-state index in [0.29, 0.717) is 15.6 Å². The highest BCUT2D eigenvalue weighted by molar-refractivity contribution is 7.98. The first-order chi connectivity index (χ1) is 13.2. The third-order valence-corrected chi connectivity index (χ3v) is 8.23. The molecule has 0 saturated carbocycles. The lowest BCUT2D eigenvalue weighted by Crippen LogP contribution is -2.50. The SMILES string of the molecule is C=S1(=O)C[C@@](C)(c2sc(-c3cccc(-c4nnco4)c3)cc2F)N=C(N)N1C. The van der Waals surface area contributed by atoms with Gasteiger partial charge in [-0.15, -0.1) is 21.5 Å². The molecule has 1 aromatic carbocycles. The van der Waals surface area contributed by atoms with Crippen LogP contribution in [0, 0.1) is 5.82 Å². The van der Waals surface area contributed by atoms with Gasteiger partial charge >= 0.3 is 0 Å². The second-order valence-electron chi connectivity index (χ2n) is 6.77. The molecule has 0 saturated heterocycles. The summed E-state index contributed by atoms with van der Waals surface area (Å²) in [6.45, 7) is 1.73. The summed E-state index contributed by atoms with van der Waals surface area (Å²) in [4.78, 5) is 5.51. The molecular weight excluding hydrogens is 401 g/mol. The molecule has 7 nitrogen and oxygen atoms in total. The van der Waals surface area contributed by atoms with Gasteiger partial charge in [-0.2, -0.15) is 0 Å². The molecule has 146 valence electrons. The van der Waals surface area contributed by atoms with Crippen LogP contribution in [-0.4, -0.2) is 43.3 Å². The van der Waals surface area contributed by atoms with Gasteiger partial charge in [0.15, 0.2) is 0 Å². The van der Waals surface area contributed by atoms with Crippen LogP contribution in [0.5, 0.6) is 0 Å². The molecule has 3 heterocycles. The number of guanidine groups is 1. The number of thiophene rings is 1. The number of nitrogens with two attached hydrogens (primary N) is 1. The van der Waals surface area contributed by atoms with Crippen LogP contribution in [0.15, 0.2) is 46.1 Å². The van der Waals surface area contributed by atoms with Crippen LogP contribution < -0.4 is 5.73 Å². The second-order valence-corrected chi connectivity index (χ2v) is 10.2. The Morgan fingerprint density at radius 3 is 2.82 bits per heavy atom. The standard InChI is InChI=1S/C18H18FN5O2S2/c1-18(9-28(3,25)24(2)17(20)22-18)15-13(19)8-14(27-15)11-5-4-6-12(7-11)16-23-21-10-26-16/h4-8,10H,3,9H2,1-2H3,(H2,20,22)/t18-,28?/m0/s1. The normalized spacial score (nSPS) is 25.0. The maximum atomic E-state index is 14.9. The van der Waals surface area contributed by atoms with E-state index in [-0.39, 0.29) is 11.7 Å². The van der Waals surface area contributed by atoms with Crippen LogP contribution in [0.4, 0.5) is 4.39 Å². The maximum Gasteiger partial charge on any atom is 0.247 e. The fourth-order valence-corrected chi connectivity index (χ4v) is 6.04. The van der Waals surface area contributed by atoms with Crippen molar-refractivity contribution in [2.24, 2.45) is 10.7 Å². The zero-order valence-corrected chi connectivity index (χ0v) is 16.9. The van der Waals surface area contributed by atoms with E-state index in [1.165, 1.54) is 28.1 Å². The van der Waals surface area contributed by atoms with Gasteiger partial charge in [0, 0.05) is 17.5 Å². The lowest BCUT2D eigenvalue weighted by molar-refractivity contribution is 0.493. The van der Waals surface area contributed by atoms with E-state index >= 15 is 0 Å². The van der Waals surface area contributed by atoms with Crippen LogP contribution in [0.3, 0.4) is 0 Å². The number of hydrogen-bond acceptors (Lipinski definition) is 7. The Hall–Kier alpha value is -2.72. The summed E-state index contributed by atoms with van der Waals surface area (Å²) in [5, 5.41) is 7.58. The van der Waals surface area contributed by atoms with Gasteiger partial charge in [0.25, 0.3) is 0 Å². The quantitative estimate of drug-likeness (QED) is 0.659. The molecule has 0 aliphatic carbocycles. The van der Waals surface area contributed by atoms with Crippen molar-refractivity contribution in [3.05, 3.63) is 47.4 Å². The van der Waals surface area contributed by atoms with Crippen LogP contribution in [0.1, 0.15) is 11.8 Å². The monoisotopic (exact) mass is 419 g/mol.